The second-order valence-electron chi connectivity index (χ2n) is 5.47. The predicted molar refractivity (Wildman–Crippen MR) is 83.6 cm³/mol. The van der Waals surface area contributed by atoms with Crippen molar-refractivity contribution in [3.05, 3.63) is 29.8 Å². The first-order chi connectivity index (χ1) is 11.5. The highest BCUT2D eigenvalue weighted by Crippen LogP contribution is 2.17. The van der Waals surface area contributed by atoms with Gasteiger partial charge in [0.15, 0.2) is 18.2 Å². The van der Waals surface area contributed by atoms with Gasteiger partial charge in [0.05, 0.1) is 6.54 Å². The number of likely N-dealkylation sites (N-methyl/N-ethyl adjacent to an activating group) is 1. The Hall–Kier alpha value is -2.22. The van der Waals surface area contributed by atoms with Gasteiger partial charge in [0.1, 0.15) is 5.82 Å². The molecule has 24 heavy (non-hydrogen) atoms. The van der Waals surface area contributed by atoms with Crippen LogP contribution in [-0.4, -0.2) is 67.5 Å². The number of hydrogen-bond acceptors (Lipinski definition) is 4. The zero-order valence-electron chi connectivity index (χ0n) is 13.6. The van der Waals surface area contributed by atoms with Crippen molar-refractivity contribution in [1.82, 2.24) is 15.1 Å². The number of benzene rings is 1. The fraction of sp³-hybridized carbons (Fsp3) is 0.500. The average Bonchev–Trinajstić information content (AvgIpc) is 2.54. The van der Waals surface area contributed by atoms with Gasteiger partial charge in [-0.25, -0.2) is 8.78 Å². The number of rotatable bonds is 6. The molecule has 6 nitrogen and oxygen atoms in total. The number of nitrogens with zero attached hydrogens (tertiary/aromatic N) is 2. The zero-order chi connectivity index (χ0) is 17.5. The second kappa shape index (κ2) is 8.58. The molecule has 0 saturated carbocycles. The topological polar surface area (TPSA) is 61.9 Å². The Kier molecular flexibility index (Phi) is 6.48. The van der Waals surface area contributed by atoms with Crippen molar-refractivity contribution in [2.24, 2.45) is 0 Å². The van der Waals surface area contributed by atoms with Gasteiger partial charge in [0.2, 0.25) is 5.91 Å². The van der Waals surface area contributed by atoms with Crippen LogP contribution in [0.25, 0.3) is 0 Å². The van der Waals surface area contributed by atoms with Crippen molar-refractivity contribution in [3.63, 3.8) is 0 Å². The number of halogens is 2. The highest BCUT2D eigenvalue weighted by atomic mass is 19.1. The molecule has 1 aliphatic heterocycles. The Labute approximate surface area is 139 Å². The van der Waals surface area contributed by atoms with Crippen LogP contribution in [0.4, 0.5) is 8.78 Å². The van der Waals surface area contributed by atoms with E-state index in [2.05, 4.69) is 5.32 Å². The molecule has 8 heteroatoms. The van der Waals surface area contributed by atoms with Gasteiger partial charge in [-0.15, -0.1) is 0 Å². The van der Waals surface area contributed by atoms with Gasteiger partial charge in [-0.3, -0.25) is 14.5 Å². The summed E-state index contributed by atoms with van der Waals surface area (Å²) in [6.07, 6.45) is 0. The van der Waals surface area contributed by atoms with Gasteiger partial charge in [0.25, 0.3) is 5.91 Å². The molecule has 1 fully saturated rings. The molecular weight excluding hydrogens is 320 g/mol. The molecule has 0 aliphatic carbocycles. The molecule has 0 atom stereocenters. The minimum Gasteiger partial charge on any atom is -0.481 e. The van der Waals surface area contributed by atoms with Crippen LogP contribution in [0.3, 0.4) is 0 Å². The van der Waals surface area contributed by atoms with Gasteiger partial charge in [-0.2, -0.15) is 0 Å². The Balaban J connectivity index is 1.75. The maximum Gasteiger partial charge on any atom is 0.260 e. The molecule has 2 rings (SSSR count). The van der Waals surface area contributed by atoms with E-state index in [0.29, 0.717) is 45.3 Å². The third-order valence-corrected chi connectivity index (χ3v) is 3.71. The Morgan fingerprint density at radius 3 is 2.54 bits per heavy atom. The van der Waals surface area contributed by atoms with E-state index in [9.17, 15) is 18.4 Å². The SMILES string of the molecule is CCNC(=O)CN1CCN(C(=O)COc2ccc(F)cc2F)CC1. The molecule has 1 aromatic rings. The lowest BCUT2D eigenvalue weighted by Crippen LogP contribution is -2.52. The minimum atomic E-state index is -0.838. The van der Waals surface area contributed by atoms with Crippen molar-refractivity contribution in [3.8, 4) is 5.75 Å². The predicted octanol–water partition coefficient (Wildman–Crippen LogP) is 0.624. The lowest BCUT2D eigenvalue weighted by molar-refractivity contribution is -0.135. The van der Waals surface area contributed by atoms with E-state index in [1.165, 1.54) is 0 Å². The third kappa shape index (κ3) is 5.16. The molecular formula is C16H21F2N3O3. The summed E-state index contributed by atoms with van der Waals surface area (Å²) in [5.74, 6) is -1.99. The molecule has 0 spiro atoms. The van der Waals surface area contributed by atoms with E-state index in [0.717, 1.165) is 12.1 Å². The van der Waals surface area contributed by atoms with E-state index in [4.69, 9.17) is 4.74 Å². The standard InChI is InChI=1S/C16H21F2N3O3/c1-2-19-15(22)10-20-5-7-21(8-6-20)16(23)11-24-14-4-3-12(17)9-13(14)18/h3-4,9H,2,5-8,10-11H2,1H3,(H,19,22). The van der Waals surface area contributed by atoms with Crippen LogP contribution in [-0.2, 0) is 9.59 Å². The van der Waals surface area contributed by atoms with Crippen LogP contribution in [0, 0.1) is 11.6 Å². The summed E-state index contributed by atoms with van der Waals surface area (Å²) < 4.78 is 31.4. The number of piperazine rings is 1. The van der Waals surface area contributed by atoms with Crippen molar-refractivity contribution < 1.29 is 23.1 Å². The first-order valence-electron chi connectivity index (χ1n) is 7.84. The largest absolute Gasteiger partial charge is 0.481 e. The average molecular weight is 341 g/mol. The quantitative estimate of drug-likeness (QED) is 0.824. The zero-order valence-corrected chi connectivity index (χ0v) is 13.6. The van der Waals surface area contributed by atoms with E-state index in [1.54, 1.807) is 4.90 Å². The second-order valence-corrected chi connectivity index (χ2v) is 5.47. The molecule has 0 bridgehead atoms. The monoisotopic (exact) mass is 341 g/mol. The first kappa shape index (κ1) is 18.1. The van der Waals surface area contributed by atoms with Crippen LogP contribution in [0.1, 0.15) is 6.92 Å². The summed E-state index contributed by atoms with van der Waals surface area (Å²) in [4.78, 5) is 27.2. The number of carbonyl (C=O) groups is 2. The summed E-state index contributed by atoms with van der Waals surface area (Å²) in [5.41, 5.74) is 0. The number of nitrogens with one attached hydrogen (secondary N) is 1. The van der Waals surface area contributed by atoms with Crippen LogP contribution < -0.4 is 10.1 Å². The third-order valence-electron chi connectivity index (χ3n) is 3.71. The van der Waals surface area contributed by atoms with Crippen LogP contribution in [0.15, 0.2) is 18.2 Å². The molecule has 1 N–H and O–H groups in total. The van der Waals surface area contributed by atoms with Crippen LogP contribution >= 0.6 is 0 Å². The number of carbonyl (C=O) groups excluding carboxylic acids is 2. The highest BCUT2D eigenvalue weighted by Gasteiger charge is 2.22. The molecule has 1 heterocycles. The molecule has 1 aliphatic rings. The lowest BCUT2D eigenvalue weighted by atomic mass is 10.3. The maximum absolute atomic E-state index is 13.4. The molecule has 0 unspecified atom stereocenters. The van der Waals surface area contributed by atoms with Gasteiger partial charge in [-0.1, -0.05) is 0 Å². The fourth-order valence-electron chi connectivity index (χ4n) is 2.43. The lowest BCUT2D eigenvalue weighted by Gasteiger charge is -2.34. The molecule has 1 aromatic carbocycles. The van der Waals surface area contributed by atoms with Gasteiger partial charge >= 0.3 is 0 Å². The molecule has 2 amide bonds. The van der Waals surface area contributed by atoms with Gasteiger partial charge < -0.3 is 15.0 Å². The Morgan fingerprint density at radius 1 is 1.21 bits per heavy atom. The van der Waals surface area contributed by atoms with Crippen molar-refractivity contribution in [2.75, 3.05) is 45.9 Å². The Morgan fingerprint density at radius 2 is 1.92 bits per heavy atom. The molecule has 0 aromatic heterocycles. The summed E-state index contributed by atoms with van der Waals surface area (Å²) >= 11 is 0. The first-order valence-corrected chi connectivity index (χ1v) is 7.84. The van der Waals surface area contributed by atoms with Crippen molar-refractivity contribution in [1.29, 1.82) is 0 Å². The summed E-state index contributed by atoms with van der Waals surface area (Å²) in [6, 6.07) is 2.94. The van der Waals surface area contributed by atoms with Crippen molar-refractivity contribution >= 4 is 11.8 Å². The van der Waals surface area contributed by atoms with E-state index in [-0.39, 0.29) is 24.2 Å². The molecule has 0 radical (unpaired) electrons. The Bertz CT molecular complexity index is 590. The normalized spacial score (nSPS) is 15.2. The van der Waals surface area contributed by atoms with Gasteiger partial charge in [0, 0.05) is 38.8 Å². The number of ether oxygens (including phenoxy) is 1. The van der Waals surface area contributed by atoms with Gasteiger partial charge in [-0.05, 0) is 19.1 Å². The summed E-state index contributed by atoms with van der Waals surface area (Å²) in [6.45, 7) is 4.60. The van der Waals surface area contributed by atoms with Crippen molar-refractivity contribution in [2.45, 2.75) is 6.92 Å². The summed E-state index contributed by atoms with van der Waals surface area (Å²) in [5, 5.41) is 2.73. The minimum absolute atomic E-state index is 0.0348. The highest BCUT2D eigenvalue weighted by molar-refractivity contribution is 5.79. The number of hydrogen-bond donors (Lipinski definition) is 1. The van der Waals surface area contributed by atoms with E-state index in [1.807, 2.05) is 11.8 Å². The fourth-order valence-corrected chi connectivity index (χ4v) is 2.43. The summed E-state index contributed by atoms with van der Waals surface area (Å²) in [7, 11) is 0. The molecule has 1 saturated heterocycles. The van der Waals surface area contributed by atoms with E-state index >= 15 is 0 Å². The van der Waals surface area contributed by atoms with Crippen LogP contribution in [0.2, 0.25) is 0 Å². The van der Waals surface area contributed by atoms with E-state index < -0.39 is 11.6 Å². The number of amides is 2. The smallest absolute Gasteiger partial charge is 0.260 e. The maximum atomic E-state index is 13.4. The van der Waals surface area contributed by atoms with Crippen LogP contribution in [0.5, 0.6) is 5.75 Å². The molecule has 132 valence electrons.